The standard InChI is InChI=1S/C6H4BN3/c7-6-4-3-8-2-1-5(4)9-10-6/h1-3H,(H,9,10). The minimum absolute atomic E-state index is 0.572. The van der Waals surface area contributed by atoms with Crippen molar-refractivity contribution in [1.82, 2.24) is 15.2 Å². The zero-order chi connectivity index (χ0) is 6.97. The second-order valence-corrected chi connectivity index (χ2v) is 2.03. The van der Waals surface area contributed by atoms with Gasteiger partial charge >= 0.3 is 0 Å². The van der Waals surface area contributed by atoms with Crippen LogP contribution in [0.4, 0.5) is 0 Å². The molecule has 0 aromatic carbocycles. The van der Waals surface area contributed by atoms with Gasteiger partial charge in [0.15, 0.2) is 0 Å². The minimum Gasteiger partial charge on any atom is -0.292 e. The van der Waals surface area contributed by atoms with E-state index >= 15 is 0 Å². The Hall–Kier alpha value is -1.32. The second-order valence-electron chi connectivity index (χ2n) is 2.03. The van der Waals surface area contributed by atoms with Crippen LogP contribution in [-0.2, 0) is 0 Å². The molecule has 0 saturated heterocycles. The molecular formula is C6H4BN3. The fraction of sp³-hybridized carbons (Fsp3) is 0. The fourth-order valence-corrected chi connectivity index (χ4v) is 0.873. The largest absolute Gasteiger partial charge is 0.292 e. The quantitative estimate of drug-likeness (QED) is 0.498. The van der Waals surface area contributed by atoms with Crippen molar-refractivity contribution in [3.05, 3.63) is 18.5 Å². The van der Waals surface area contributed by atoms with E-state index in [1.54, 1.807) is 12.4 Å². The number of pyridine rings is 1. The van der Waals surface area contributed by atoms with Gasteiger partial charge in [-0.05, 0) is 11.7 Å². The first-order valence-corrected chi connectivity index (χ1v) is 2.91. The Morgan fingerprint density at radius 1 is 1.50 bits per heavy atom. The zero-order valence-electron chi connectivity index (χ0n) is 5.20. The molecule has 2 heterocycles. The lowest BCUT2D eigenvalue weighted by atomic mass is 10.0. The molecule has 0 saturated carbocycles. The van der Waals surface area contributed by atoms with Crippen molar-refractivity contribution in [2.24, 2.45) is 0 Å². The van der Waals surface area contributed by atoms with Gasteiger partial charge in [-0.15, -0.1) is 0 Å². The highest BCUT2D eigenvalue weighted by atomic mass is 15.1. The summed E-state index contributed by atoms with van der Waals surface area (Å²) in [4.78, 5) is 3.91. The van der Waals surface area contributed by atoms with Crippen molar-refractivity contribution in [1.29, 1.82) is 0 Å². The third-order valence-electron chi connectivity index (χ3n) is 1.39. The van der Waals surface area contributed by atoms with Crippen molar-refractivity contribution in [3.63, 3.8) is 0 Å². The first-order valence-electron chi connectivity index (χ1n) is 2.91. The Labute approximate surface area is 58.9 Å². The molecule has 46 valence electrons. The maximum Gasteiger partial charge on any atom is 0.141 e. The van der Waals surface area contributed by atoms with Gasteiger partial charge in [0.25, 0.3) is 0 Å². The van der Waals surface area contributed by atoms with Crippen LogP contribution in [0, 0.1) is 0 Å². The molecule has 0 aliphatic carbocycles. The molecule has 3 nitrogen and oxygen atoms in total. The van der Waals surface area contributed by atoms with Crippen molar-refractivity contribution >= 4 is 24.3 Å². The SMILES string of the molecule is [B]c1[nH]nc2ccncc12. The topological polar surface area (TPSA) is 41.6 Å². The van der Waals surface area contributed by atoms with Gasteiger partial charge in [-0.1, -0.05) is 0 Å². The zero-order valence-corrected chi connectivity index (χ0v) is 5.20. The molecule has 0 aliphatic rings. The van der Waals surface area contributed by atoms with Gasteiger partial charge in [-0.3, -0.25) is 10.1 Å². The molecule has 0 fully saturated rings. The van der Waals surface area contributed by atoms with Gasteiger partial charge in [0, 0.05) is 17.8 Å². The molecule has 0 spiro atoms. The summed E-state index contributed by atoms with van der Waals surface area (Å²) in [7, 11) is 5.52. The summed E-state index contributed by atoms with van der Waals surface area (Å²) >= 11 is 0. The van der Waals surface area contributed by atoms with Crippen molar-refractivity contribution in [2.45, 2.75) is 0 Å². The minimum atomic E-state index is 0.572. The molecule has 0 unspecified atom stereocenters. The van der Waals surface area contributed by atoms with E-state index in [0.717, 1.165) is 10.9 Å². The molecule has 10 heavy (non-hydrogen) atoms. The number of rotatable bonds is 0. The number of fused-ring (bicyclic) bond motifs is 1. The van der Waals surface area contributed by atoms with E-state index in [-0.39, 0.29) is 0 Å². The maximum absolute atomic E-state index is 5.52. The van der Waals surface area contributed by atoms with Crippen molar-refractivity contribution in [2.75, 3.05) is 0 Å². The lowest BCUT2D eigenvalue weighted by Gasteiger charge is -1.84. The Morgan fingerprint density at radius 3 is 3.20 bits per heavy atom. The molecule has 4 heteroatoms. The summed E-state index contributed by atoms with van der Waals surface area (Å²) in [5, 5.41) is 7.47. The van der Waals surface area contributed by atoms with Crippen LogP contribution in [0.5, 0.6) is 0 Å². The highest BCUT2D eigenvalue weighted by molar-refractivity contribution is 6.36. The van der Waals surface area contributed by atoms with Crippen LogP contribution >= 0.6 is 0 Å². The van der Waals surface area contributed by atoms with Crippen LogP contribution in [0.3, 0.4) is 0 Å². The van der Waals surface area contributed by atoms with Gasteiger partial charge < -0.3 is 0 Å². The molecule has 2 aromatic heterocycles. The van der Waals surface area contributed by atoms with E-state index in [1.807, 2.05) is 6.07 Å². The molecule has 0 aliphatic heterocycles. The third kappa shape index (κ3) is 0.619. The summed E-state index contributed by atoms with van der Waals surface area (Å²) in [6.07, 6.45) is 3.37. The number of aromatic nitrogens is 3. The Kier molecular flexibility index (Phi) is 1.00. The molecular weight excluding hydrogens is 125 g/mol. The van der Waals surface area contributed by atoms with E-state index in [2.05, 4.69) is 15.2 Å². The summed E-state index contributed by atoms with van der Waals surface area (Å²) in [5.74, 6) is 0. The lowest BCUT2D eigenvalue weighted by Crippen LogP contribution is -2.02. The highest BCUT2D eigenvalue weighted by Crippen LogP contribution is 2.02. The smallest absolute Gasteiger partial charge is 0.141 e. The number of nitrogens with zero attached hydrogens (tertiary/aromatic N) is 2. The normalized spacial score (nSPS) is 10.4. The second kappa shape index (κ2) is 1.83. The number of hydrogen-bond donors (Lipinski definition) is 1. The molecule has 0 atom stereocenters. The maximum atomic E-state index is 5.52. The van der Waals surface area contributed by atoms with Crippen LogP contribution in [0.25, 0.3) is 10.9 Å². The number of H-pyrrole nitrogens is 1. The van der Waals surface area contributed by atoms with E-state index in [0.29, 0.717) is 5.59 Å². The molecule has 1 N–H and O–H groups in total. The van der Waals surface area contributed by atoms with Crippen LogP contribution < -0.4 is 5.59 Å². The number of aromatic amines is 1. The predicted octanol–water partition coefficient (Wildman–Crippen LogP) is -0.248. The lowest BCUT2D eigenvalue weighted by molar-refractivity contribution is 1.14. The highest BCUT2D eigenvalue weighted by Gasteiger charge is 1.96. The van der Waals surface area contributed by atoms with Crippen LogP contribution in [0.15, 0.2) is 18.5 Å². The van der Waals surface area contributed by atoms with Gasteiger partial charge in [-0.25, -0.2) is 0 Å². The van der Waals surface area contributed by atoms with E-state index in [1.165, 1.54) is 0 Å². The summed E-state index contributed by atoms with van der Waals surface area (Å²) in [6, 6.07) is 1.81. The third-order valence-corrected chi connectivity index (χ3v) is 1.39. The molecule has 0 amide bonds. The predicted molar refractivity (Wildman–Crippen MR) is 39.3 cm³/mol. The average molecular weight is 129 g/mol. The van der Waals surface area contributed by atoms with Crippen molar-refractivity contribution in [3.8, 4) is 0 Å². The van der Waals surface area contributed by atoms with Gasteiger partial charge in [0.1, 0.15) is 7.85 Å². The Morgan fingerprint density at radius 2 is 2.40 bits per heavy atom. The molecule has 0 bridgehead atoms. The molecule has 2 aromatic rings. The summed E-state index contributed by atoms with van der Waals surface area (Å²) in [5.41, 5.74) is 1.43. The van der Waals surface area contributed by atoms with Crippen LogP contribution in [0.1, 0.15) is 0 Å². The van der Waals surface area contributed by atoms with Crippen LogP contribution in [-0.4, -0.2) is 23.0 Å². The van der Waals surface area contributed by atoms with Crippen molar-refractivity contribution < 1.29 is 0 Å². The first kappa shape index (κ1) is 5.47. The number of nitrogens with one attached hydrogen (secondary N) is 1. The van der Waals surface area contributed by atoms with Gasteiger partial charge in [-0.2, -0.15) is 5.10 Å². The summed E-state index contributed by atoms with van der Waals surface area (Å²) in [6.45, 7) is 0. The number of hydrogen-bond acceptors (Lipinski definition) is 2. The van der Waals surface area contributed by atoms with E-state index in [9.17, 15) is 0 Å². The molecule has 2 radical (unpaired) electrons. The van der Waals surface area contributed by atoms with E-state index in [4.69, 9.17) is 7.85 Å². The van der Waals surface area contributed by atoms with E-state index < -0.39 is 0 Å². The van der Waals surface area contributed by atoms with Gasteiger partial charge in [0.05, 0.1) is 5.52 Å². The molecule has 2 rings (SSSR count). The van der Waals surface area contributed by atoms with Gasteiger partial charge in [0.2, 0.25) is 0 Å². The fourth-order valence-electron chi connectivity index (χ4n) is 0.873. The van der Waals surface area contributed by atoms with Crippen LogP contribution in [0.2, 0.25) is 0 Å². The first-order chi connectivity index (χ1) is 4.88. The average Bonchev–Trinajstić information content (AvgIpc) is 2.34. The Balaban J connectivity index is 2.93. The summed E-state index contributed by atoms with van der Waals surface area (Å²) < 4.78 is 0. The monoisotopic (exact) mass is 129 g/mol. The Bertz CT molecular complexity index is 355.